The summed E-state index contributed by atoms with van der Waals surface area (Å²) in [6, 6.07) is 0. The number of rotatable bonds is 10. The number of hydrogen-bond acceptors (Lipinski definition) is 6. The number of esters is 2. The molecule has 16 heteroatoms. The molecular formula is C15H14F10O6. The lowest BCUT2D eigenvalue weighted by Crippen LogP contribution is -2.73. The maximum Gasteiger partial charge on any atom is 0.407 e. The molecule has 0 aliphatic heterocycles. The van der Waals surface area contributed by atoms with Gasteiger partial charge in [0, 0.05) is 11.1 Å². The molecular weight excluding hydrogens is 466 g/mol. The van der Waals surface area contributed by atoms with Crippen molar-refractivity contribution < 1.29 is 73.2 Å². The number of hydrogen-bond donors (Lipinski definition) is 2. The van der Waals surface area contributed by atoms with Gasteiger partial charge in [0.1, 0.15) is 0 Å². The summed E-state index contributed by atoms with van der Waals surface area (Å²) >= 11 is 0. The zero-order valence-electron chi connectivity index (χ0n) is 15.4. The van der Waals surface area contributed by atoms with Crippen LogP contribution in [0.1, 0.15) is 13.8 Å². The van der Waals surface area contributed by atoms with E-state index in [4.69, 9.17) is 10.2 Å². The van der Waals surface area contributed by atoms with Crippen LogP contribution < -0.4 is 0 Å². The van der Waals surface area contributed by atoms with Crippen LogP contribution in [0.25, 0.3) is 0 Å². The smallest absolute Gasteiger partial charge is 0.407 e. The molecule has 0 aliphatic carbocycles. The lowest BCUT2D eigenvalue weighted by Gasteiger charge is -2.41. The number of carbonyl (C=O) groups excluding carboxylic acids is 2. The average Bonchev–Trinajstić information content (AvgIpc) is 2.57. The molecule has 2 N–H and O–H groups in total. The fourth-order valence-electron chi connectivity index (χ4n) is 1.48. The Morgan fingerprint density at radius 2 is 1.06 bits per heavy atom. The second kappa shape index (κ2) is 8.29. The molecule has 0 aromatic heterocycles. The third kappa shape index (κ3) is 4.78. The Labute approximate surface area is 166 Å². The van der Waals surface area contributed by atoms with Gasteiger partial charge in [0.05, 0.1) is 0 Å². The van der Waals surface area contributed by atoms with Gasteiger partial charge in [-0.2, -0.15) is 43.9 Å². The zero-order chi connectivity index (χ0) is 25.4. The van der Waals surface area contributed by atoms with Crippen molar-refractivity contribution in [2.24, 2.45) is 0 Å². The summed E-state index contributed by atoms with van der Waals surface area (Å²) in [7, 11) is 0. The molecule has 0 bridgehead atoms. The van der Waals surface area contributed by atoms with Crippen LogP contribution in [-0.2, 0) is 19.1 Å². The zero-order valence-corrected chi connectivity index (χ0v) is 15.4. The van der Waals surface area contributed by atoms with Gasteiger partial charge >= 0.3 is 47.5 Å². The summed E-state index contributed by atoms with van der Waals surface area (Å²) in [6.07, 6.45) is 0. The van der Waals surface area contributed by atoms with E-state index in [1.165, 1.54) is 0 Å². The van der Waals surface area contributed by atoms with Gasteiger partial charge in [-0.05, 0) is 13.8 Å². The summed E-state index contributed by atoms with van der Waals surface area (Å²) in [4.78, 5) is 21.9. The number of alkyl halides is 10. The SMILES string of the molecule is C=C(C)C(=O)OCC(F)(F)C(F)(F)C(F)(F)C(F)(F)C(F)(F)C(O)(O)OC(=O)C(=C)C. The van der Waals surface area contributed by atoms with Crippen molar-refractivity contribution in [2.45, 2.75) is 49.4 Å². The van der Waals surface area contributed by atoms with E-state index in [-0.39, 0.29) is 0 Å². The highest BCUT2D eigenvalue weighted by atomic mass is 19.4. The number of halogens is 10. The molecule has 0 aliphatic rings. The largest absolute Gasteiger partial charge is 0.456 e. The standard InChI is InChI=1S/C15H14F10O6/c1-6(2)8(26)30-5-10(16,17)11(18,19)12(20,21)13(22,23)14(24,25)15(28,29)31-9(27)7(3)4/h28-29H,1,3,5H2,2,4H3. The molecule has 0 rings (SSSR count). The quantitative estimate of drug-likeness (QED) is 0.216. The lowest BCUT2D eigenvalue weighted by atomic mass is 9.93. The van der Waals surface area contributed by atoms with Gasteiger partial charge in [0.25, 0.3) is 0 Å². The van der Waals surface area contributed by atoms with Crippen molar-refractivity contribution in [2.75, 3.05) is 6.61 Å². The van der Waals surface area contributed by atoms with Gasteiger partial charge in [-0.3, -0.25) is 0 Å². The van der Waals surface area contributed by atoms with Gasteiger partial charge in [-0.25, -0.2) is 9.59 Å². The van der Waals surface area contributed by atoms with Crippen LogP contribution in [-0.4, -0.2) is 64.3 Å². The maximum absolute atomic E-state index is 13.7. The molecule has 0 unspecified atom stereocenters. The Balaban J connectivity index is 6.23. The highest BCUT2D eigenvalue weighted by Gasteiger charge is 2.90. The van der Waals surface area contributed by atoms with Crippen molar-refractivity contribution in [3.63, 3.8) is 0 Å². The number of carbonyl (C=O) groups is 2. The first-order valence-electron chi connectivity index (χ1n) is 7.46. The molecule has 0 aromatic carbocycles. The fraction of sp³-hybridized carbons (Fsp3) is 0.600. The van der Waals surface area contributed by atoms with Crippen LogP contribution >= 0.6 is 0 Å². The first-order chi connectivity index (χ1) is 13.4. The maximum atomic E-state index is 13.7. The predicted molar refractivity (Wildman–Crippen MR) is 78.6 cm³/mol. The Bertz CT molecular complexity index is 759. The van der Waals surface area contributed by atoms with Crippen molar-refractivity contribution in [3.8, 4) is 0 Å². The molecule has 31 heavy (non-hydrogen) atoms. The third-order valence-corrected chi connectivity index (χ3v) is 3.37. The first kappa shape index (κ1) is 28.6. The van der Waals surface area contributed by atoms with E-state index >= 15 is 0 Å². The van der Waals surface area contributed by atoms with Crippen LogP contribution in [0, 0.1) is 0 Å². The highest BCUT2D eigenvalue weighted by Crippen LogP contribution is 2.59. The second-order valence-corrected chi connectivity index (χ2v) is 6.14. The van der Waals surface area contributed by atoms with E-state index in [9.17, 15) is 53.5 Å². The van der Waals surface area contributed by atoms with Gasteiger partial charge in [-0.1, -0.05) is 13.2 Å². The lowest BCUT2D eigenvalue weighted by molar-refractivity contribution is -0.483. The Kier molecular flexibility index (Phi) is 7.66. The van der Waals surface area contributed by atoms with E-state index in [0.29, 0.717) is 6.92 Å². The van der Waals surface area contributed by atoms with E-state index < -0.39 is 65.3 Å². The normalized spacial score (nSPS) is 14.1. The van der Waals surface area contributed by atoms with E-state index in [1.54, 1.807) is 0 Å². The Morgan fingerprint density at radius 1 is 0.710 bits per heavy atom. The molecule has 0 radical (unpaired) electrons. The second-order valence-electron chi connectivity index (χ2n) is 6.14. The van der Waals surface area contributed by atoms with Crippen LogP contribution in [0.3, 0.4) is 0 Å². The summed E-state index contributed by atoms with van der Waals surface area (Å²) in [5.41, 5.74) is -1.66. The molecule has 0 aromatic rings. The van der Waals surface area contributed by atoms with Crippen molar-refractivity contribution in [1.29, 1.82) is 0 Å². The summed E-state index contributed by atoms with van der Waals surface area (Å²) in [5, 5.41) is 17.7. The third-order valence-electron chi connectivity index (χ3n) is 3.37. The first-order valence-corrected chi connectivity index (χ1v) is 7.46. The molecule has 0 saturated carbocycles. The molecule has 0 atom stereocenters. The van der Waals surface area contributed by atoms with Gasteiger partial charge < -0.3 is 19.7 Å². The Hall–Kier alpha value is -2.36. The van der Waals surface area contributed by atoms with Gasteiger partial charge in [0.2, 0.25) is 0 Å². The summed E-state index contributed by atoms with van der Waals surface area (Å²) in [5.74, 6) is -46.4. The molecule has 0 spiro atoms. The van der Waals surface area contributed by atoms with Gasteiger partial charge in [0.15, 0.2) is 6.61 Å². The minimum atomic E-state index is -7.74. The predicted octanol–water partition coefficient (Wildman–Crippen LogP) is 3.04. The fourth-order valence-corrected chi connectivity index (χ4v) is 1.48. The van der Waals surface area contributed by atoms with Crippen LogP contribution in [0.2, 0.25) is 0 Å². The summed E-state index contributed by atoms with van der Waals surface area (Å²) in [6.45, 7) is 4.00. The molecule has 0 heterocycles. The topological polar surface area (TPSA) is 93.1 Å². The summed E-state index contributed by atoms with van der Waals surface area (Å²) < 4.78 is 143. The van der Waals surface area contributed by atoms with Crippen molar-refractivity contribution in [1.82, 2.24) is 0 Å². The van der Waals surface area contributed by atoms with Crippen LogP contribution in [0.5, 0.6) is 0 Å². The van der Waals surface area contributed by atoms with Crippen molar-refractivity contribution in [3.05, 3.63) is 24.3 Å². The molecule has 180 valence electrons. The van der Waals surface area contributed by atoms with E-state index in [2.05, 4.69) is 22.6 Å². The minimum absolute atomic E-state index is 0.643. The number of aliphatic hydroxyl groups is 2. The molecule has 6 nitrogen and oxygen atoms in total. The number of ether oxygens (including phenoxy) is 2. The van der Waals surface area contributed by atoms with Crippen LogP contribution in [0.4, 0.5) is 43.9 Å². The Morgan fingerprint density at radius 3 is 1.42 bits per heavy atom. The average molecular weight is 480 g/mol. The highest BCUT2D eigenvalue weighted by molar-refractivity contribution is 5.87. The monoisotopic (exact) mass is 480 g/mol. The molecule has 0 fully saturated rings. The van der Waals surface area contributed by atoms with Crippen molar-refractivity contribution >= 4 is 11.9 Å². The molecule has 0 amide bonds. The van der Waals surface area contributed by atoms with Gasteiger partial charge in [-0.15, -0.1) is 0 Å². The van der Waals surface area contributed by atoms with Crippen LogP contribution in [0.15, 0.2) is 24.3 Å². The van der Waals surface area contributed by atoms with E-state index in [1.807, 2.05) is 0 Å². The minimum Gasteiger partial charge on any atom is -0.456 e. The molecule has 0 saturated heterocycles. The van der Waals surface area contributed by atoms with E-state index in [0.717, 1.165) is 6.92 Å².